The Morgan fingerprint density at radius 3 is 2.46 bits per heavy atom. The van der Waals surface area contributed by atoms with Crippen molar-refractivity contribution in [3.05, 3.63) is 70.7 Å². The normalized spacial score (nSPS) is 20.1. The first-order valence-corrected chi connectivity index (χ1v) is 15.8. The summed E-state index contributed by atoms with van der Waals surface area (Å²) in [5.74, 6) is 6.28. The van der Waals surface area contributed by atoms with E-state index in [0.717, 1.165) is 12.8 Å². The number of aryl methyl sites for hydroxylation is 1. The molecule has 1 aromatic carbocycles. The zero-order valence-electron chi connectivity index (χ0n) is 28.3. The summed E-state index contributed by atoms with van der Waals surface area (Å²) in [5, 5.41) is 25.9. The summed E-state index contributed by atoms with van der Waals surface area (Å²) in [7, 11) is 1.49. The number of pyridine rings is 2. The number of ether oxygens (including phenoxy) is 2. The van der Waals surface area contributed by atoms with Gasteiger partial charge in [0.2, 0.25) is 5.95 Å². The molecule has 13 heteroatoms. The number of carbonyl (C=O) groups is 1. The molecule has 2 aromatic heterocycles. The molecule has 0 radical (unpaired) electrons. The molecule has 2 aliphatic rings. The highest BCUT2D eigenvalue weighted by atomic mass is 19.1. The number of fused-ring (bicyclic) bond motifs is 2. The molecule has 0 saturated heterocycles. The fourth-order valence-corrected chi connectivity index (χ4v) is 5.80. The third-order valence-corrected chi connectivity index (χ3v) is 9.44. The van der Waals surface area contributed by atoms with Crippen molar-refractivity contribution in [2.24, 2.45) is 22.9 Å². The maximum atomic E-state index is 14.3. The minimum Gasteiger partial charge on any atom is -0.444 e. The quantitative estimate of drug-likeness (QED) is 0.134. The number of benzene rings is 1. The van der Waals surface area contributed by atoms with Crippen molar-refractivity contribution in [3.8, 4) is 12.1 Å². The maximum Gasteiger partial charge on any atom is 0.415 e. The fraction of sp³-hybridized carbons (Fsp3) is 0.457. The van der Waals surface area contributed by atoms with Crippen LogP contribution in [0.5, 0.6) is 0 Å². The topological polar surface area (TPSA) is 179 Å². The number of nitrogens with zero attached hydrogens (tertiary/aromatic N) is 6. The highest BCUT2D eigenvalue weighted by Gasteiger charge is 2.72. The van der Waals surface area contributed by atoms with Crippen LogP contribution in [0.4, 0.5) is 20.6 Å². The number of amides is 1. The second-order valence-corrected chi connectivity index (χ2v) is 13.9. The van der Waals surface area contributed by atoms with Gasteiger partial charge in [-0.3, -0.25) is 9.88 Å². The Kier molecular flexibility index (Phi) is 9.24. The molecule has 0 unspecified atom stereocenters. The molecule has 0 spiro atoms. The van der Waals surface area contributed by atoms with Crippen molar-refractivity contribution in [1.29, 1.82) is 10.5 Å². The lowest BCUT2D eigenvalue weighted by Gasteiger charge is -2.34. The number of nitriles is 2. The summed E-state index contributed by atoms with van der Waals surface area (Å²) in [4.78, 5) is 24.1. The van der Waals surface area contributed by atoms with E-state index in [2.05, 4.69) is 48.2 Å². The summed E-state index contributed by atoms with van der Waals surface area (Å²) >= 11 is 0. The molecular formula is C35H42FN9O3. The number of hydrogen-bond donors (Lipinski definition) is 3. The van der Waals surface area contributed by atoms with Crippen LogP contribution in [-0.4, -0.2) is 52.5 Å². The molecule has 0 bridgehead atoms. The number of anilines is 2. The lowest BCUT2D eigenvalue weighted by atomic mass is 9.87. The van der Waals surface area contributed by atoms with Crippen molar-refractivity contribution < 1.29 is 18.7 Å². The van der Waals surface area contributed by atoms with E-state index < -0.39 is 24.2 Å². The molecule has 1 amide bonds. The third-order valence-electron chi connectivity index (χ3n) is 9.44. The van der Waals surface area contributed by atoms with E-state index in [4.69, 9.17) is 21.1 Å². The third kappa shape index (κ3) is 6.57. The van der Waals surface area contributed by atoms with E-state index in [1.54, 1.807) is 31.1 Å². The van der Waals surface area contributed by atoms with Crippen LogP contribution in [0.1, 0.15) is 75.9 Å². The summed E-state index contributed by atoms with van der Waals surface area (Å²) in [6.45, 7) is 11.6. The lowest BCUT2D eigenvalue weighted by molar-refractivity contribution is 0.0519. The zero-order valence-corrected chi connectivity index (χ0v) is 28.3. The van der Waals surface area contributed by atoms with Crippen LogP contribution in [0.25, 0.3) is 10.9 Å². The van der Waals surface area contributed by atoms with Gasteiger partial charge in [-0.15, -0.1) is 0 Å². The van der Waals surface area contributed by atoms with E-state index >= 15 is 0 Å². The summed E-state index contributed by atoms with van der Waals surface area (Å²) in [5.41, 5.74) is 8.80. The monoisotopic (exact) mass is 655 g/mol. The van der Waals surface area contributed by atoms with Crippen LogP contribution in [0, 0.1) is 46.9 Å². The molecule has 5 rings (SSSR count). The molecule has 48 heavy (non-hydrogen) atoms. The van der Waals surface area contributed by atoms with E-state index in [1.165, 1.54) is 36.4 Å². The number of nitrogens with two attached hydrogens (primary N) is 2. The number of rotatable bonds is 11. The Morgan fingerprint density at radius 2 is 1.90 bits per heavy atom. The Balaban J connectivity index is 1.77. The van der Waals surface area contributed by atoms with Crippen LogP contribution < -0.4 is 21.8 Å². The van der Waals surface area contributed by atoms with E-state index in [1.807, 2.05) is 6.92 Å². The molecule has 3 aromatic rings. The largest absolute Gasteiger partial charge is 0.444 e. The SMILES string of the molecule is COC[C@@H](C)OC(=O)N(c1cc(C#N)c2ncc(C#N)c(N[C@H](C)C(C)(C)C)c2c1)[C@H](/C(N)=C/N(N)C12CC1C2)c1ccc(F)nc1C. The molecule has 2 heterocycles. The van der Waals surface area contributed by atoms with Crippen LogP contribution in [0.15, 0.2) is 42.4 Å². The van der Waals surface area contributed by atoms with Crippen molar-refractivity contribution in [1.82, 2.24) is 15.0 Å². The van der Waals surface area contributed by atoms with E-state index in [9.17, 15) is 19.7 Å². The van der Waals surface area contributed by atoms with Crippen molar-refractivity contribution in [3.63, 3.8) is 0 Å². The summed E-state index contributed by atoms with van der Waals surface area (Å²) in [6, 6.07) is 9.09. The fourth-order valence-electron chi connectivity index (χ4n) is 5.80. The molecule has 2 aliphatic carbocycles. The zero-order chi connectivity index (χ0) is 35.1. The minimum atomic E-state index is -1.10. The van der Waals surface area contributed by atoms with Gasteiger partial charge < -0.3 is 25.5 Å². The van der Waals surface area contributed by atoms with Crippen molar-refractivity contribution in [2.45, 2.75) is 78.1 Å². The number of methoxy groups -OCH3 is 1. The first-order chi connectivity index (χ1) is 22.6. The molecule has 2 fully saturated rings. The van der Waals surface area contributed by atoms with E-state index in [-0.39, 0.29) is 51.8 Å². The molecule has 12 nitrogen and oxygen atoms in total. The van der Waals surface area contributed by atoms with Gasteiger partial charge in [0.15, 0.2) is 0 Å². The first-order valence-electron chi connectivity index (χ1n) is 15.8. The number of halogens is 1. The van der Waals surface area contributed by atoms with Crippen molar-refractivity contribution >= 4 is 28.4 Å². The maximum absolute atomic E-state index is 14.3. The Morgan fingerprint density at radius 1 is 1.23 bits per heavy atom. The van der Waals surface area contributed by atoms with Crippen LogP contribution >= 0.6 is 0 Å². The Labute approximate surface area is 280 Å². The number of nitrogens with one attached hydrogen (secondary N) is 1. The Hall–Kier alpha value is -4.98. The van der Waals surface area contributed by atoms with Crippen LogP contribution in [-0.2, 0) is 9.47 Å². The highest BCUT2D eigenvalue weighted by Crippen LogP contribution is 2.69. The number of hydrogen-bond acceptors (Lipinski definition) is 11. The van der Waals surface area contributed by atoms with Gasteiger partial charge in [0.05, 0.1) is 45.9 Å². The van der Waals surface area contributed by atoms with Gasteiger partial charge in [-0.1, -0.05) is 26.8 Å². The summed E-state index contributed by atoms with van der Waals surface area (Å²) < 4.78 is 25.4. The summed E-state index contributed by atoms with van der Waals surface area (Å²) in [6.07, 6.45) is 3.44. The molecule has 0 aliphatic heterocycles. The van der Waals surface area contributed by atoms with E-state index in [0.29, 0.717) is 28.1 Å². The molecule has 252 valence electrons. The lowest BCUT2D eigenvalue weighted by Crippen LogP contribution is -2.42. The minimum absolute atomic E-state index is 0.108. The first kappa shape index (κ1) is 34.4. The number of aromatic nitrogens is 2. The smallest absolute Gasteiger partial charge is 0.415 e. The average Bonchev–Trinajstić information content (AvgIpc) is 3.91. The Bertz CT molecular complexity index is 1850. The predicted octanol–water partition coefficient (Wildman–Crippen LogP) is 5.52. The van der Waals surface area contributed by atoms with Gasteiger partial charge in [0.25, 0.3) is 0 Å². The predicted molar refractivity (Wildman–Crippen MR) is 179 cm³/mol. The highest BCUT2D eigenvalue weighted by molar-refractivity contribution is 6.01. The molecular weight excluding hydrogens is 613 g/mol. The van der Waals surface area contributed by atoms with Crippen LogP contribution in [0.2, 0.25) is 0 Å². The average molecular weight is 656 g/mol. The molecule has 5 N–H and O–H groups in total. The number of hydrazine groups is 1. The van der Waals surface area contributed by atoms with Gasteiger partial charge >= 0.3 is 6.09 Å². The second-order valence-electron chi connectivity index (χ2n) is 13.9. The molecule has 3 atom stereocenters. The number of carbonyl (C=O) groups excluding carboxylic acids is 1. The van der Waals surface area contributed by atoms with Crippen LogP contribution in [0.3, 0.4) is 0 Å². The van der Waals surface area contributed by atoms with Gasteiger partial charge in [-0.2, -0.15) is 14.9 Å². The van der Waals surface area contributed by atoms with Gasteiger partial charge in [-0.05, 0) is 63.1 Å². The van der Waals surface area contributed by atoms with Crippen molar-refractivity contribution in [2.75, 3.05) is 23.9 Å². The van der Waals surface area contributed by atoms with Gasteiger partial charge in [0, 0.05) is 42.2 Å². The molecule has 2 saturated carbocycles. The van der Waals surface area contributed by atoms with Gasteiger partial charge in [-0.25, -0.2) is 15.6 Å². The van der Waals surface area contributed by atoms with Gasteiger partial charge in [0.1, 0.15) is 24.3 Å². The standard InChI is InChI=1S/C35H42FN9O3/c1-19(18-47-7)48-33(46)45(32(26-8-9-29(36)42-20(26)2)28(39)17-44(40)35-12-24(35)13-35)25-10-22(14-37)30-27(11-25)31(23(15-38)16-41-30)43-21(3)34(4,5)6/h8-11,16-17,19,21,24,32H,12-13,18,39-40H2,1-7H3,(H,41,43)/b28-17-/t19-,21-,24?,32+,35?/m1/s1. The second kappa shape index (κ2) is 12.9.